The quantitative estimate of drug-likeness (QED) is 0.732. The maximum atomic E-state index is 6.21. The van der Waals surface area contributed by atoms with E-state index in [0.29, 0.717) is 6.04 Å². The first-order valence-corrected chi connectivity index (χ1v) is 5.96. The largest absolute Gasteiger partial charge is 0.327 e. The highest BCUT2D eigenvalue weighted by Crippen LogP contribution is 2.38. The van der Waals surface area contributed by atoms with Crippen LogP contribution in [0, 0.1) is 0 Å². The van der Waals surface area contributed by atoms with Gasteiger partial charge in [-0.05, 0) is 35.2 Å². The first kappa shape index (κ1) is 9.22. The molecule has 1 aliphatic rings. The molecule has 0 aromatic carbocycles. The summed E-state index contributed by atoms with van der Waals surface area (Å²) in [6.45, 7) is 2.32. The Morgan fingerprint density at radius 3 is 3.00 bits per heavy atom. The van der Waals surface area contributed by atoms with Crippen molar-refractivity contribution >= 4 is 11.3 Å². The monoisotopic (exact) mass is 195 g/mol. The van der Waals surface area contributed by atoms with E-state index in [1.165, 1.54) is 31.2 Å². The van der Waals surface area contributed by atoms with Gasteiger partial charge < -0.3 is 5.73 Å². The van der Waals surface area contributed by atoms with Crippen LogP contribution in [-0.2, 0) is 5.41 Å². The zero-order valence-electron chi connectivity index (χ0n) is 8.12. The van der Waals surface area contributed by atoms with E-state index in [1.54, 1.807) is 11.3 Å². The van der Waals surface area contributed by atoms with Gasteiger partial charge in [-0.3, -0.25) is 0 Å². The molecule has 13 heavy (non-hydrogen) atoms. The molecule has 2 N–H and O–H groups in total. The van der Waals surface area contributed by atoms with Crippen molar-refractivity contribution in [1.82, 2.24) is 0 Å². The van der Waals surface area contributed by atoms with Crippen LogP contribution >= 0.6 is 11.3 Å². The van der Waals surface area contributed by atoms with Crippen LogP contribution in [0.4, 0.5) is 0 Å². The summed E-state index contributed by atoms with van der Waals surface area (Å²) >= 11 is 1.78. The van der Waals surface area contributed by atoms with E-state index < -0.39 is 0 Å². The summed E-state index contributed by atoms with van der Waals surface area (Å²) in [4.78, 5) is 0. The molecule has 1 aliphatic carbocycles. The summed E-state index contributed by atoms with van der Waals surface area (Å²) in [6, 6.07) is 2.59. The third-order valence-electron chi connectivity index (χ3n) is 3.46. The van der Waals surface area contributed by atoms with Gasteiger partial charge in [0.05, 0.1) is 0 Å². The molecule has 1 saturated carbocycles. The highest BCUT2D eigenvalue weighted by molar-refractivity contribution is 7.08. The van der Waals surface area contributed by atoms with E-state index in [-0.39, 0.29) is 5.41 Å². The SMILES string of the molecule is CC1(c2ccsc2)CCCCC1N. The summed E-state index contributed by atoms with van der Waals surface area (Å²) < 4.78 is 0. The number of thiophene rings is 1. The van der Waals surface area contributed by atoms with Gasteiger partial charge in [0.1, 0.15) is 0 Å². The van der Waals surface area contributed by atoms with Crippen molar-refractivity contribution in [3.63, 3.8) is 0 Å². The molecule has 1 aromatic heterocycles. The van der Waals surface area contributed by atoms with E-state index in [4.69, 9.17) is 5.73 Å². The Labute approximate surface area is 84.0 Å². The second kappa shape index (κ2) is 3.43. The van der Waals surface area contributed by atoms with Gasteiger partial charge in [-0.25, -0.2) is 0 Å². The normalized spacial score (nSPS) is 34.8. The molecule has 0 radical (unpaired) electrons. The molecule has 72 valence electrons. The predicted molar refractivity (Wildman–Crippen MR) is 58.1 cm³/mol. The van der Waals surface area contributed by atoms with Crippen molar-refractivity contribution in [3.05, 3.63) is 22.4 Å². The first-order chi connectivity index (χ1) is 6.23. The Kier molecular flexibility index (Phi) is 2.43. The fourth-order valence-electron chi connectivity index (χ4n) is 2.31. The van der Waals surface area contributed by atoms with Crippen molar-refractivity contribution < 1.29 is 0 Å². The highest BCUT2D eigenvalue weighted by Gasteiger charge is 2.35. The first-order valence-electron chi connectivity index (χ1n) is 5.02. The van der Waals surface area contributed by atoms with Crippen LogP contribution < -0.4 is 5.73 Å². The molecule has 1 aromatic rings. The van der Waals surface area contributed by atoms with Crippen LogP contribution in [0.25, 0.3) is 0 Å². The minimum atomic E-state index is 0.248. The molecular weight excluding hydrogens is 178 g/mol. The Morgan fingerprint density at radius 2 is 2.38 bits per heavy atom. The van der Waals surface area contributed by atoms with Gasteiger partial charge >= 0.3 is 0 Å². The van der Waals surface area contributed by atoms with Crippen LogP contribution in [0.5, 0.6) is 0 Å². The predicted octanol–water partition coefficient (Wildman–Crippen LogP) is 2.91. The zero-order valence-corrected chi connectivity index (χ0v) is 8.94. The Morgan fingerprint density at radius 1 is 1.54 bits per heavy atom. The van der Waals surface area contributed by atoms with Crippen LogP contribution in [-0.4, -0.2) is 6.04 Å². The average Bonchev–Trinajstić information content (AvgIpc) is 2.63. The fraction of sp³-hybridized carbons (Fsp3) is 0.636. The maximum absolute atomic E-state index is 6.21. The van der Waals surface area contributed by atoms with Gasteiger partial charge in [-0.1, -0.05) is 19.8 Å². The number of nitrogens with two attached hydrogens (primary N) is 1. The second-order valence-electron chi connectivity index (χ2n) is 4.28. The summed E-state index contributed by atoms with van der Waals surface area (Å²) in [5.41, 5.74) is 7.91. The molecule has 0 bridgehead atoms. The molecule has 2 atom stereocenters. The molecule has 1 fully saturated rings. The minimum absolute atomic E-state index is 0.248. The summed E-state index contributed by atoms with van der Waals surface area (Å²) in [6.07, 6.45) is 5.08. The van der Waals surface area contributed by atoms with Gasteiger partial charge in [0.2, 0.25) is 0 Å². The molecule has 1 heterocycles. The molecule has 0 amide bonds. The zero-order chi connectivity index (χ0) is 9.31. The molecule has 2 rings (SSSR count). The van der Waals surface area contributed by atoms with E-state index >= 15 is 0 Å². The molecule has 2 heteroatoms. The van der Waals surface area contributed by atoms with Gasteiger partial charge in [0.15, 0.2) is 0 Å². The van der Waals surface area contributed by atoms with Crippen LogP contribution in [0.1, 0.15) is 38.2 Å². The van der Waals surface area contributed by atoms with Crippen LogP contribution in [0.2, 0.25) is 0 Å². The number of hydrogen-bond acceptors (Lipinski definition) is 2. The summed E-state index contributed by atoms with van der Waals surface area (Å²) in [5.74, 6) is 0. The van der Waals surface area contributed by atoms with Gasteiger partial charge in [-0.15, -0.1) is 0 Å². The van der Waals surface area contributed by atoms with Crippen molar-refractivity contribution in [2.24, 2.45) is 5.73 Å². The Balaban J connectivity index is 2.27. The van der Waals surface area contributed by atoms with Crippen molar-refractivity contribution in [1.29, 1.82) is 0 Å². The molecule has 1 nitrogen and oxygen atoms in total. The molecule has 0 saturated heterocycles. The molecular formula is C11H17NS. The second-order valence-corrected chi connectivity index (χ2v) is 5.06. The van der Waals surface area contributed by atoms with Gasteiger partial charge in [0.25, 0.3) is 0 Å². The van der Waals surface area contributed by atoms with Crippen LogP contribution in [0.15, 0.2) is 16.8 Å². The van der Waals surface area contributed by atoms with Gasteiger partial charge in [-0.2, -0.15) is 11.3 Å². The Bertz CT molecular complexity index is 268. The topological polar surface area (TPSA) is 26.0 Å². The number of hydrogen-bond donors (Lipinski definition) is 1. The van der Waals surface area contributed by atoms with Crippen molar-refractivity contribution in [2.45, 2.75) is 44.1 Å². The van der Waals surface area contributed by atoms with Crippen molar-refractivity contribution in [2.75, 3.05) is 0 Å². The average molecular weight is 195 g/mol. The summed E-state index contributed by atoms with van der Waals surface area (Å²) in [5, 5.41) is 4.41. The van der Waals surface area contributed by atoms with Gasteiger partial charge in [0, 0.05) is 11.5 Å². The number of rotatable bonds is 1. The minimum Gasteiger partial charge on any atom is -0.327 e. The molecule has 0 spiro atoms. The smallest absolute Gasteiger partial charge is 0.0134 e. The maximum Gasteiger partial charge on any atom is 0.0134 e. The van der Waals surface area contributed by atoms with Crippen molar-refractivity contribution in [3.8, 4) is 0 Å². The summed E-state index contributed by atoms with van der Waals surface area (Å²) in [7, 11) is 0. The Hall–Kier alpha value is -0.340. The van der Waals surface area contributed by atoms with E-state index in [2.05, 4.69) is 23.8 Å². The van der Waals surface area contributed by atoms with E-state index in [1.807, 2.05) is 0 Å². The standard InChI is InChI=1S/C11H17NS/c1-11(9-5-7-13-8-9)6-3-2-4-10(11)12/h5,7-8,10H,2-4,6,12H2,1H3. The van der Waals surface area contributed by atoms with E-state index in [9.17, 15) is 0 Å². The third kappa shape index (κ3) is 1.53. The molecule has 0 aliphatic heterocycles. The highest BCUT2D eigenvalue weighted by atomic mass is 32.1. The van der Waals surface area contributed by atoms with E-state index in [0.717, 1.165) is 0 Å². The lowest BCUT2D eigenvalue weighted by molar-refractivity contribution is 0.272. The lowest BCUT2D eigenvalue weighted by atomic mass is 9.69. The molecule has 2 unspecified atom stereocenters. The van der Waals surface area contributed by atoms with Crippen LogP contribution in [0.3, 0.4) is 0 Å². The lowest BCUT2D eigenvalue weighted by Crippen LogP contribution is -2.45. The lowest BCUT2D eigenvalue weighted by Gasteiger charge is -2.39. The third-order valence-corrected chi connectivity index (χ3v) is 4.14. The fourth-order valence-corrected chi connectivity index (χ4v) is 3.11.